The van der Waals surface area contributed by atoms with Gasteiger partial charge in [-0.25, -0.2) is 9.97 Å². The van der Waals surface area contributed by atoms with E-state index >= 15 is 0 Å². The van der Waals surface area contributed by atoms with Crippen molar-refractivity contribution in [3.63, 3.8) is 0 Å². The van der Waals surface area contributed by atoms with Gasteiger partial charge in [-0.05, 0) is 31.2 Å². The molecule has 0 unspecified atom stereocenters. The summed E-state index contributed by atoms with van der Waals surface area (Å²) in [6, 6.07) is 9.42. The molecule has 16 heavy (non-hydrogen) atoms. The summed E-state index contributed by atoms with van der Waals surface area (Å²) in [6.45, 7) is 1.92. The monoisotopic (exact) mass is 211 g/mol. The van der Waals surface area contributed by atoms with Crippen molar-refractivity contribution in [1.29, 1.82) is 0 Å². The fraction of sp³-hybridized carbons (Fsp3) is 0.0833. The molecule has 0 radical (unpaired) electrons. The van der Waals surface area contributed by atoms with Crippen molar-refractivity contribution >= 4 is 11.2 Å². The Labute approximate surface area is 92.0 Å². The van der Waals surface area contributed by atoms with Gasteiger partial charge in [0.2, 0.25) is 11.6 Å². The molecule has 0 saturated carbocycles. The molecule has 3 rings (SSSR count). The maximum Gasteiger partial charge on any atom is 0.248 e. The summed E-state index contributed by atoms with van der Waals surface area (Å²) in [6.07, 6.45) is 1.71. The highest BCUT2D eigenvalue weighted by atomic mass is 16.4. The minimum Gasteiger partial charge on any atom is -0.416 e. The standard InChI is InChI=1S/C12H9N3O/c1-8-5-6-10-12(14-8)16-11(15-10)9-4-2-3-7-13-9/h2-7H,1H3. The van der Waals surface area contributed by atoms with E-state index in [0.717, 1.165) is 16.9 Å². The van der Waals surface area contributed by atoms with Gasteiger partial charge >= 0.3 is 0 Å². The quantitative estimate of drug-likeness (QED) is 0.620. The zero-order chi connectivity index (χ0) is 11.0. The molecule has 78 valence electrons. The molecule has 3 heterocycles. The summed E-state index contributed by atoms with van der Waals surface area (Å²) in [5.41, 5.74) is 2.95. The van der Waals surface area contributed by atoms with E-state index in [1.165, 1.54) is 0 Å². The van der Waals surface area contributed by atoms with Crippen molar-refractivity contribution in [3.05, 3.63) is 42.2 Å². The molecule has 3 aromatic rings. The highest BCUT2D eigenvalue weighted by molar-refractivity contribution is 5.71. The summed E-state index contributed by atoms with van der Waals surface area (Å²) < 4.78 is 5.55. The van der Waals surface area contributed by atoms with Crippen molar-refractivity contribution in [3.8, 4) is 11.6 Å². The molecule has 3 aromatic heterocycles. The summed E-state index contributed by atoms with van der Waals surface area (Å²) in [5.74, 6) is 0.508. The van der Waals surface area contributed by atoms with Crippen LogP contribution in [0.25, 0.3) is 22.8 Å². The molecule has 0 atom stereocenters. The highest BCUT2D eigenvalue weighted by Crippen LogP contribution is 2.21. The van der Waals surface area contributed by atoms with Crippen LogP contribution in [0.2, 0.25) is 0 Å². The van der Waals surface area contributed by atoms with Gasteiger partial charge < -0.3 is 4.42 Å². The Morgan fingerprint density at radius 1 is 1.06 bits per heavy atom. The van der Waals surface area contributed by atoms with Crippen molar-refractivity contribution < 1.29 is 4.42 Å². The van der Waals surface area contributed by atoms with Crippen molar-refractivity contribution in [2.24, 2.45) is 0 Å². The lowest BCUT2D eigenvalue weighted by molar-refractivity contribution is 0.604. The molecule has 0 saturated heterocycles. The number of fused-ring (bicyclic) bond motifs is 1. The van der Waals surface area contributed by atoms with E-state index in [1.54, 1.807) is 6.20 Å². The van der Waals surface area contributed by atoms with Crippen LogP contribution in [0, 0.1) is 6.92 Å². The van der Waals surface area contributed by atoms with Crippen LogP contribution in [0.3, 0.4) is 0 Å². The van der Waals surface area contributed by atoms with E-state index in [9.17, 15) is 0 Å². The van der Waals surface area contributed by atoms with Crippen LogP contribution >= 0.6 is 0 Å². The van der Waals surface area contributed by atoms with Crippen LogP contribution in [0.1, 0.15) is 5.69 Å². The lowest BCUT2D eigenvalue weighted by Gasteiger charge is -1.90. The first-order valence-corrected chi connectivity index (χ1v) is 4.98. The second-order valence-electron chi connectivity index (χ2n) is 3.51. The van der Waals surface area contributed by atoms with Gasteiger partial charge in [-0.3, -0.25) is 4.98 Å². The average Bonchev–Trinajstić information content (AvgIpc) is 2.73. The number of pyridine rings is 2. The van der Waals surface area contributed by atoms with Gasteiger partial charge in [-0.1, -0.05) is 6.07 Å². The fourth-order valence-corrected chi connectivity index (χ4v) is 1.51. The zero-order valence-corrected chi connectivity index (χ0v) is 8.71. The van der Waals surface area contributed by atoms with Crippen molar-refractivity contribution in [2.45, 2.75) is 6.92 Å². The number of rotatable bonds is 1. The van der Waals surface area contributed by atoms with Gasteiger partial charge in [0, 0.05) is 11.9 Å². The predicted octanol–water partition coefficient (Wildman–Crippen LogP) is 2.59. The second-order valence-corrected chi connectivity index (χ2v) is 3.51. The Morgan fingerprint density at radius 3 is 2.81 bits per heavy atom. The predicted molar refractivity (Wildman–Crippen MR) is 59.8 cm³/mol. The molecule has 0 aliphatic carbocycles. The van der Waals surface area contributed by atoms with E-state index in [0.29, 0.717) is 11.6 Å². The minimum absolute atomic E-state index is 0.508. The first-order valence-electron chi connectivity index (χ1n) is 4.98. The first kappa shape index (κ1) is 9.03. The van der Waals surface area contributed by atoms with Crippen LogP contribution in [-0.2, 0) is 0 Å². The molecule has 0 bridgehead atoms. The Morgan fingerprint density at radius 2 is 2.00 bits per heavy atom. The minimum atomic E-state index is 0.508. The smallest absolute Gasteiger partial charge is 0.248 e. The van der Waals surface area contributed by atoms with Crippen molar-refractivity contribution in [1.82, 2.24) is 15.0 Å². The van der Waals surface area contributed by atoms with Crippen LogP contribution in [0.4, 0.5) is 0 Å². The molecule has 0 aromatic carbocycles. The third-order valence-corrected chi connectivity index (χ3v) is 2.28. The van der Waals surface area contributed by atoms with E-state index in [1.807, 2.05) is 37.3 Å². The molecule has 0 aliphatic rings. The number of hydrogen-bond acceptors (Lipinski definition) is 4. The molecular weight excluding hydrogens is 202 g/mol. The van der Waals surface area contributed by atoms with Crippen LogP contribution in [0.15, 0.2) is 40.9 Å². The lowest BCUT2D eigenvalue weighted by Crippen LogP contribution is -1.80. The molecule has 0 N–H and O–H groups in total. The average molecular weight is 211 g/mol. The van der Waals surface area contributed by atoms with Crippen LogP contribution in [0.5, 0.6) is 0 Å². The second kappa shape index (κ2) is 3.41. The zero-order valence-electron chi connectivity index (χ0n) is 8.71. The SMILES string of the molecule is Cc1ccc2nc(-c3ccccn3)oc2n1. The van der Waals surface area contributed by atoms with E-state index in [-0.39, 0.29) is 0 Å². The van der Waals surface area contributed by atoms with E-state index < -0.39 is 0 Å². The van der Waals surface area contributed by atoms with Crippen LogP contribution < -0.4 is 0 Å². The van der Waals surface area contributed by atoms with Gasteiger partial charge in [0.05, 0.1) is 0 Å². The summed E-state index contributed by atoms with van der Waals surface area (Å²) in [7, 11) is 0. The molecular formula is C12H9N3O. The lowest BCUT2D eigenvalue weighted by atomic mass is 10.3. The van der Waals surface area contributed by atoms with Gasteiger partial charge in [-0.2, -0.15) is 0 Å². The number of aryl methyl sites for hydroxylation is 1. The number of aromatic nitrogens is 3. The molecule has 0 aliphatic heterocycles. The highest BCUT2D eigenvalue weighted by Gasteiger charge is 2.09. The summed E-state index contributed by atoms with van der Waals surface area (Å²) in [4.78, 5) is 12.8. The largest absolute Gasteiger partial charge is 0.416 e. The van der Waals surface area contributed by atoms with Gasteiger partial charge in [0.1, 0.15) is 11.2 Å². The Balaban J connectivity index is 2.19. The van der Waals surface area contributed by atoms with E-state index in [4.69, 9.17) is 4.42 Å². The molecule has 0 fully saturated rings. The first-order chi connectivity index (χ1) is 7.83. The third kappa shape index (κ3) is 1.44. The fourth-order valence-electron chi connectivity index (χ4n) is 1.51. The summed E-state index contributed by atoms with van der Waals surface area (Å²) >= 11 is 0. The molecule has 4 nitrogen and oxygen atoms in total. The van der Waals surface area contributed by atoms with Gasteiger partial charge in [-0.15, -0.1) is 0 Å². The molecule has 0 spiro atoms. The molecule has 4 heteroatoms. The normalized spacial score (nSPS) is 10.8. The van der Waals surface area contributed by atoms with Crippen molar-refractivity contribution in [2.75, 3.05) is 0 Å². The summed E-state index contributed by atoms with van der Waals surface area (Å²) in [5, 5.41) is 0. The Bertz CT molecular complexity index is 631. The van der Waals surface area contributed by atoms with Gasteiger partial charge in [0.15, 0.2) is 0 Å². The van der Waals surface area contributed by atoms with Crippen LogP contribution in [-0.4, -0.2) is 15.0 Å². The topological polar surface area (TPSA) is 51.8 Å². The number of nitrogens with zero attached hydrogens (tertiary/aromatic N) is 3. The number of hydrogen-bond donors (Lipinski definition) is 0. The number of oxazole rings is 1. The Kier molecular flexibility index (Phi) is 1.93. The Hall–Kier alpha value is -2.23. The maximum atomic E-state index is 5.55. The maximum absolute atomic E-state index is 5.55. The third-order valence-electron chi connectivity index (χ3n) is 2.28. The van der Waals surface area contributed by atoms with E-state index in [2.05, 4.69) is 15.0 Å². The van der Waals surface area contributed by atoms with Gasteiger partial charge in [0.25, 0.3) is 0 Å². The molecule has 0 amide bonds.